The fourth-order valence-corrected chi connectivity index (χ4v) is 3.04. The summed E-state index contributed by atoms with van der Waals surface area (Å²) in [5, 5.41) is 8.46. The number of carbonyl (C=O) groups is 1. The number of hydrogen-bond donors (Lipinski definition) is 0. The molecule has 0 amide bonds. The molecule has 0 heterocycles. The quantitative estimate of drug-likeness (QED) is 0.235. The predicted octanol–water partition coefficient (Wildman–Crippen LogP) is 4.66. The Balaban J connectivity index is 2.19. The molecule has 1 saturated carbocycles. The maximum atomic E-state index is 14.0. The van der Waals surface area contributed by atoms with Crippen LogP contribution >= 0.6 is 0 Å². The van der Waals surface area contributed by atoms with Crippen molar-refractivity contribution in [3.05, 3.63) is 59.0 Å². The van der Waals surface area contributed by atoms with Crippen molar-refractivity contribution in [3.63, 3.8) is 0 Å². The van der Waals surface area contributed by atoms with Gasteiger partial charge in [0.25, 0.3) is 0 Å². The Morgan fingerprint density at radius 2 is 1.70 bits per heavy atom. The Bertz CT molecular complexity index is 841. The molecule has 0 unspecified atom stereocenters. The third-order valence-electron chi connectivity index (χ3n) is 4.75. The molecule has 0 aliphatic heterocycles. The molecule has 1 fully saturated rings. The minimum atomic E-state index is -1.65. The van der Waals surface area contributed by atoms with Crippen molar-refractivity contribution >= 4 is 5.97 Å². The average Bonchev–Trinajstić information content (AvgIpc) is 3.16. The number of nitrogens with zero attached hydrogens (tertiary/aromatic N) is 1. The van der Waals surface area contributed by atoms with E-state index in [1.54, 1.807) is 13.8 Å². The Morgan fingerprint density at radius 3 is 2.19 bits per heavy atom. The number of nitriles is 1. The van der Waals surface area contributed by atoms with Crippen molar-refractivity contribution in [1.29, 1.82) is 5.26 Å². The van der Waals surface area contributed by atoms with E-state index in [2.05, 4.69) is 6.58 Å². The zero-order chi connectivity index (χ0) is 20.5. The number of ether oxygens (including phenoxy) is 1. The van der Waals surface area contributed by atoms with E-state index < -0.39 is 76.5 Å². The minimum absolute atomic E-state index is 0.416. The number of halogens is 5. The zero-order valence-corrected chi connectivity index (χ0v) is 14.6. The van der Waals surface area contributed by atoms with Crippen LogP contribution in [0.4, 0.5) is 22.0 Å². The van der Waals surface area contributed by atoms with Gasteiger partial charge in [-0.1, -0.05) is 19.9 Å². The van der Waals surface area contributed by atoms with Crippen molar-refractivity contribution in [2.75, 3.05) is 0 Å². The Hall–Kier alpha value is -2.69. The van der Waals surface area contributed by atoms with Gasteiger partial charge in [0, 0.05) is 11.5 Å². The molecule has 1 aromatic carbocycles. The van der Waals surface area contributed by atoms with Crippen LogP contribution in [-0.4, -0.2) is 5.97 Å². The summed E-state index contributed by atoms with van der Waals surface area (Å²) < 4.78 is 73.8. The van der Waals surface area contributed by atoms with Gasteiger partial charge in [0.05, 0.1) is 11.5 Å². The topological polar surface area (TPSA) is 50.1 Å². The number of carbonyl (C=O) groups excluding carboxylic acids is 1. The van der Waals surface area contributed by atoms with E-state index in [-0.39, 0.29) is 0 Å². The van der Waals surface area contributed by atoms with Gasteiger partial charge in [-0.15, -0.1) is 6.58 Å². The minimum Gasteiger partial charge on any atom is -0.460 e. The summed E-state index contributed by atoms with van der Waals surface area (Å²) in [4.78, 5) is 12.1. The standard InChI is InChI=1S/C19H16F5NO2/c1-4-5-10-14(21)16(23)11(17(24)15(10)22)8-27-18(26)13-12(19(13,2)3)6-9(20)7-25/h4,6,12-13H,1,5,8H2,2-3H3/t12-,13-/m0/s1. The number of benzene rings is 1. The maximum absolute atomic E-state index is 14.0. The second kappa shape index (κ2) is 7.51. The second-order valence-corrected chi connectivity index (χ2v) is 6.76. The van der Waals surface area contributed by atoms with Crippen LogP contribution in [-0.2, 0) is 22.6 Å². The summed E-state index contributed by atoms with van der Waals surface area (Å²) in [6.45, 7) is 5.47. The van der Waals surface area contributed by atoms with Crippen LogP contribution in [0, 0.1) is 51.9 Å². The largest absolute Gasteiger partial charge is 0.460 e. The molecule has 1 aliphatic rings. The molecule has 0 spiro atoms. The third kappa shape index (κ3) is 3.72. The van der Waals surface area contributed by atoms with E-state index in [9.17, 15) is 26.7 Å². The lowest BCUT2D eigenvalue weighted by Gasteiger charge is -2.12. The first-order chi connectivity index (χ1) is 12.6. The van der Waals surface area contributed by atoms with Crippen molar-refractivity contribution in [2.45, 2.75) is 26.9 Å². The highest BCUT2D eigenvalue weighted by atomic mass is 19.2. The molecular weight excluding hydrogens is 369 g/mol. The van der Waals surface area contributed by atoms with Gasteiger partial charge in [0.1, 0.15) is 12.7 Å². The highest BCUT2D eigenvalue weighted by Gasteiger charge is 2.61. The lowest BCUT2D eigenvalue weighted by atomic mass is 10.1. The first-order valence-corrected chi connectivity index (χ1v) is 7.96. The van der Waals surface area contributed by atoms with Crippen LogP contribution < -0.4 is 0 Å². The molecule has 8 heteroatoms. The van der Waals surface area contributed by atoms with E-state index in [0.29, 0.717) is 0 Å². The fraction of sp³-hybridized carbons (Fsp3) is 0.368. The highest BCUT2D eigenvalue weighted by molar-refractivity contribution is 5.78. The average molecular weight is 385 g/mol. The van der Waals surface area contributed by atoms with Crippen molar-refractivity contribution < 1.29 is 31.5 Å². The van der Waals surface area contributed by atoms with Gasteiger partial charge < -0.3 is 4.74 Å². The number of hydrogen-bond acceptors (Lipinski definition) is 3. The summed E-state index contributed by atoms with van der Waals surface area (Å²) in [7, 11) is 0. The molecule has 0 bridgehead atoms. The van der Waals surface area contributed by atoms with Crippen LogP contribution in [0.25, 0.3) is 0 Å². The summed E-state index contributed by atoms with van der Waals surface area (Å²) in [6.07, 6.45) is 1.64. The van der Waals surface area contributed by atoms with Gasteiger partial charge in [0.15, 0.2) is 29.1 Å². The molecule has 0 aromatic heterocycles. The van der Waals surface area contributed by atoms with Crippen molar-refractivity contribution in [1.82, 2.24) is 0 Å². The first-order valence-electron chi connectivity index (χ1n) is 7.96. The van der Waals surface area contributed by atoms with E-state index >= 15 is 0 Å². The van der Waals surface area contributed by atoms with Crippen molar-refractivity contribution in [3.8, 4) is 6.07 Å². The number of esters is 1. The van der Waals surface area contributed by atoms with Crippen LogP contribution in [0.2, 0.25) is 0 Å². The maximum Gasteiger partial charge on any atom is 0.310 e. The normalized spacial score (nSPS) is 20.7. The molecule has 1 aliphatic carbocycles. The SMILES string of the molecule is C=CCc1c(F)c(F)c(COC(=O)[C@@H]2[C@H](C=C(F)C#N)C2(C)C)c(F)c1F. The second-order valence-electron chi connectivity index (χ2n) is 6.76. The summed E-state index contributed by atoms with van der Waals surface area (Å²) in [5.74, 6) is -9.93. The molecule has 0 radical (unpaired) electrons. The van der Waals surface area contributed by atoms with E-state index in [1.165, 1.54) is 6.07 Å². The van der Waals surface area contributed by atoms with E-state index in [0.717, 1.165) is 12.2 Å². The van der Waals surface area contributed by atoms with Gasteiger partial charge >= 0.3 is 5.97 Å². The first kappa shape index (κ1) is 20.6. The van der Waals surface area contributed by atoms with Crippen LogP contribution in [0.15, 0.2) is 24.6 Å². The molecule has 2 rings (SSSR count). The lowest BCUT2D eigenvalue weighted by molar-refractivity contribution is -0.147. The molecule has 0 N–H and O–H groups in total. The van der Waals surface area contributed by atoms with Gasteiger partial charge in [-0.3, -0.25) is 4.79 Å². The van der Waals surface area contributed by atoms with Crippen LogP contribution in [0.5, 0.6) is 0 Å². The fourth-order valence-electron chi connectivity index (χ4n) is 3.04. The predicted molar refractivity (Wildman–Crippen MR) is 85.5 cm³/mol. The molecular formula is C19H16F5NO2. The summed E-state index contributed by atoms with van der Waals surface area (Å²) >= 11 is 0. The molecule has 3 nitrogen and oxygen atoms in total. The molecule has 144 valence electrons. The lowest BCUT2D eigenvalue weighted by Crippen LogP contribution is -2.14. The summed E-state index contributed by atoms with van der Waals surface area (Å²) in [6, 6.07) is 1.29. The Morgan fingerprint density at radius 1 is 1.19 bits per heavy atom. The van der Waals surface area contributed by atoms with Crippen LogP contribution in [0.1, 0.15) is 25.0 Å². The number of allylic oxidation sites excluding steroid dienone is 3. The Labute approximate surface area is 152 Å². The number of rotatable bonds is 6. The monoisotopic (exact) mass is 385 g/mol. The van der Waals surface area contributed by atoms with Gasteiger partial charge in [-0.05, 0) is 17.9 Å². The van der Waals surface area contributed by atoms with E-state index in [1.807, 2.05) is 0 Å². The van der Waals surface area contributed by atoms with Crippen molar-refractivity contribution in [2.24, 2.45) is 17.3 Å². The Kier molecular flexibility index (Phi) is 5.73. The van der Waals surface area contributed by atoms with Crippen LogP contribution in [0.3, 0.4) is 0 Å². The molecule has 27 heavy (non-hydrogen) atoms. The molecule has 0 saturated heterocycles. The van der Waals surface area contributed by atoms with Gasteiger partial charge in [0.2, 0.25) is 0 Å². The highest BCUT2D eigenvalue weighted by Crippen LogP contribution is 2.60. The summed E-state index contributed by atoms with van der Waals surface area (Å²) in [5.41, 5.74) is -2.59. The zero-order valence-electron chi connectivity index (χ0n) is 14.6. The molecule has 2 atom stereocenters. The smallest absolute Gasteiger partial charge is 0.310 e. The third-order valence-corrected chi connectivity index (χ3v) is 4.75. The molecule has 1 aromatic rings. The van der Waals surface area contributed by atoms with Gasteiger partial charge in [-0.2, -0.15) is 9.65 Å². The van der Waals surface area contributed by atoms with Gasteiger partial charge in [-0.25, -0.2) is 17.6 Å². The van der Waals surface area contributed by atoms with E-state index in [4.69, 9.17) is 10.00 Å².